The van der Waals surface area contributed by atoms with Crippen molar-refractivity contribution in [2.45, 2.75) is 65.1 Å². The maximum Gasteiger partial charge on any atom is 0.373 e. The van der Waals surface area contributed by atoms with Crippen molar-refractivity contribution in [3.8, 4) is 17.2 Å². The Morgan fingerprint density at radius 1 is 0.947 bits per heavy atom. The number of para-hydroxylation sites is 1. The number of nitrogens with zero attached hydrogens (tertiary/aromatic N) is 1. The summed E-state index contributed by atoms with van der Waals surface area (Å²) in [5.41, 5.74) is 1.90. The van der Waals surface area contributed by atoms with E-state index in [9.17, 15) is 19.2 Å². The predicted molar refractivity (Wildman–Crippen MR) is 209 cm³/mol. The molecule has 1 N–H and O–H groups in total. The summed E-state index contributed by atoms with van der Waals surface area (Å²) in [5, 5.41) is 3.66. The average Bonchev–Trinajstić information content (AvgIpc) is 3.58. The van der Waals surface area contributed by atoms with E-state index in [4.69, 9.17) is 53.9 Å². The number of anilines is 2. The Hall–Kier alpha value is -5.35. The second kappa shape index (κ2) is 18.7. The summed E-state index contributed by atoms with van der Waals surface area (Å²) in [5.74, 6) is -3.13. The summed E-state index contributed by atoms with van der Waals surface area (Å²) in [7, 11) is 4.22. The van der Waals surface area contributed by atoms with Gasteiger partial charge in [0.2, 0.25) is 17.5 Å². The number of ether oxygens (including phenoxy) is 8. The minimum absolute atomic E-state index is 0.0512. The second-order valence-corrected chi connectivity index (χ2v) is 13.6. The number of furan rings is 1. The number of hydrogen-bond acceptors (Lipinski definition) is 13. The third kappa shape index (κ3) is 9.79. The van der Waals surface area contributed by atoms with E-state index in [1.165, 1.54) is 39.2 Å². The van der Waals surface area contributed by atoms with Crippen molar-refractivity contribution in [3.05, 3.63) is 76.5 Å². The summed E-state index contributed by atoms with van der Waals surface area (Å²) in [6.45, 7) is 8.06. The topological polar surface area (TPSA) is 171 Å². The van der Waals surface area contributed by atoms with Crippen LogP contribution < -0.4 is 24.4 Å². The van der Waals surface area contributed by atoms with Gasteiger partial charge in [0.15, 0.2) is 22.8 Å². The highest BCUT2D eigenvalue weighted by atomic mass is 35.5. The molecule has 16 heteroatoms. The molecule has 5 rings (SSSR count). The van der Waals surface area contributed by atoms with Gasteiger partial charge in [-0.05, 0) is 64.1 Å². The number of amides is 2. The van der Waals surface area contributed by atoms with Crippen LogP contribution in [-0.4, -0.2) is 89.4 Å². The van der Waals surface area contributed by atoms with Gasteiger partial charge in [0.1, 0.15) is 18.8 Å². The van der Waals surface area contributed by atoms with Crippen molar-refractivity contribution in [1.82, 2.24) is 0 Å². The van der Waals surface area contributed by atoms with Crippen LogP contribution >= 0.6 is 11.6 Å². The van der Waals surface area contributed by atoms with Gasteiger partial charge in [0.05, 0.1) is 46.1 Å². The standard InChI is InChI=1S/C41H47ClN2O13/c1-9-53-41(54-10-2,22-52-24(5)45)21-44-30-15-14-26(42)18-29(30)37(28-12-11-13-31(49-6)38(28)50-7)56-33(39(44)47)20-35(46)43-27-16-25-17-34(40(48)51-8)57-36(25)32(19-27)55-23(3)4/h11-19,23,33,37H,9-10,20-22H2,1-8H3,(H,43,46)/t33-,37-/m1/s1. The average molecular weight is 811 g/mol. The highest BCUT2D eigenvalue weighted by Crippen LogP contribution is 2.46. The second-order valence-electron chi connectivity index (χ2n) is 13.2. The monoisotopic (exact) mass is 810 g/mol. The fourth-order valence-electron chi connectivity index (χ4n) is 6.58. The van der Waals surface area contributed by atoms with Crippen molar-refractivity contribution in [1.29, 1.82) is 0 Å². The number of hydrogen-bond donors (Lipinski definition) is 1. The number of benzene rings is 3. The number of nitrogens with one attached hydrogen (secondary N) is 1. The summed E-state index contributed by atoms with van der Waals surface area (Å²) >= 11 is 6.61. The first-order valence-corrected chi connectivity index (χ1v) is 18.6. The van der Waals surface area contributed by atoms with Crippen LogP contribution in [0.5, 0.6) is 17.2 Å². The van der Waals surface area contributed by atoms with Crippen molar-refractivity contribution in [2.24, 2.45) is 0 Å². The molecule has 2 atom stereocenters. The third-order valence-electron chi connectivity index (χ3n) is 8.82. The van der Waals surface area contributed by atoms with Crippen molar-refractivity contribution in [3.63, 3.8) is 0 Å². The Labute approximate surface area is 335 Å². The number of esters is 2. The molecule has 57 heavy (non-hydrogen) atoms. The molecule has 2 amide bonds. The Balaban J connectivity index is 1.61. The molecule has 0 unspecified atom stereocenters. The quantitative estimate of drug-likeness (QED) is 0.0868. The lowest BCUT2D eigenvalue weighted by Crippen LogP contribution is -2.54. The Morgan fingerprint density at radius 3 is 2.32 bits per heavy atom. The molecule has 0 fully saturated rings. The van der Waals surface area contributed by atoms with Gasteiger partial charge in [-0.3, -0.25) is 14.4 Å². The molecule has 1 aromatic heterocycles. The molecule has 0 saturated heterocycles. The Morgan fingerprint density at radius 2 is 1.68 bits per heavy atom. The minimum Gasteiger partial charge on any atom is -0.493 e. The predicted octanol–water partition coefficient (Wildman–Crippen LogP) is 6.86. The first-order chi connectivity index (χ1) is 27.3. The summed E-state index contributed by atoms with van der Waals surface area (Å²) < 4.78 is 52.2. The lowest BCUT2D eigenvalue weighted by Gasteiger charge is -2.37. The Bertz CT molecular complexity index is 2090. The molecule has 0 bridgehead atoms. The van der Waals surface area contributed by atoms with Gasteiger partial charge in [-0.15, -0.1) is 0 Å². The highest BCUT2D eigenvalue weighted by Gasteiger charge is 2.44. The lowest BCUT2D eigenvalue weighted by atomic mass is 9.97. The van der Waals surface area contributed by atoms with E-state index in [0.29, 0.717) is 44.4 Å². The molecule has 2 heterocycles. The van der Waals surface area contributed by atoms with Crippen LogP contribution in [0, 0.1) is 0 Å². The molecule has 0 aliphatic carbocycles. The van der Waals surface area contributed by atoms with E-state index in [1.807, 2.05) is 13.8 Å². The van der Waals surface area contributed by atoms with Crippen molar-refractivity contribution >= 4 is 57.7 Å². The summed E-state index contributed by atoms with van der Waals surface area (Å²) in [4.78, 5) is 54.7. The van der Waals surface area contributed by atoms with E-state index in [1.54, 1.807) is 62.4 Å². The van der Waals surface area contributed by atoms with Gasteiger partial charge >= 0.3 is 11.9 Å². The van der Waals surface area contributed by atoms with Crippen LogP contribution in [0.2, 0.25) is 5.02 Å². The van der Waals surface area contributed by atoms with E-state index in [-0.39, 0.29) is 49.6 Å². The number of carbonyl (C=O) groups excluding carboxylic acids is 4. The zero-order valence-electron chi connectivity index (χ0n) is 33.1. The van der Waals surface area contributed by atoms with Gasteiger partial charge in [-0.25, -0.2) is 4.79 Å². The van der Waals surface area contributed by atoms with Crippen LogP contribution in [-0.2, 0) is 38.1 Å². The molecular weight excluding hydrogens is 764 g/mol. The molecule has 1 aliphatic rings. The molecular formula is C41H47ClN2O13. The van der Waals surface area contributed by atoms with Gasteiger partial charge in [0.25, 0.3) is 5.91 Å². The zero-order chi connectivity index (χ0) is 41.4. The third-order valence-corrected chi connectivity index (χ3v) is 9.05. The smallest absolute Gasteiger partial charge is 0.373 e. The number of methoxy groups -OCH3 is 3. The maximum absolute atomic E-state index is 14.9. The van der Waals surface area contributed by atoms with Crippen LogP contribution in [0.1, 0.15) is 68.8 Å². The number of halogens is 1. The highest BCUT2D eigenvalue weighted by molar-refractivity contribution is 6.30. The summed E-state index contributed by atoms with van der Waals surface area (Å²) in [6.07, 6.45) is -3.21. The van der Waals surface area contributed by atoms with Crippen LogP contribution in [0.3, 0.4) is 0 Å². The largest absolute Gasteiger partial charge is 0.493 e. The van der Waals surface area contributed by atoms with Crippen LogP contribution in [0.25, 0.3) is 11.0 Å². The molecule has 3 aromatic carbocycles. The van der Waals surface area contributed by atoms with E-state index in [0.717, 1.165) is 0 Å². The van der Waals surface area contributed by atoms with Gasteiger partial charge in [0, 0.05) is 53.4 Å². The van der Waals surface area contributed by atoms with Crippen LogP contribution in [0.15, 0.2) is 59.0 Å². The van der Waals surface area contributed by atoms with E-state index in [2.05, 4.69) is 5.32 Å². The minimum atomic E-state index is -1.61. The molecule has 0 saturated carbocycles. The fraction of sp³-hybridized carbons (Fsp3) is 0.415. The first-order valence-electron chi connectivity index (χ1n) is 18.3. The molecule has 4 aromatic rings. The Kier molecular flexibility index (Phi) is 14.1. The zero-order valence-corrected chi connectivity index (χ0v) is 33.9. The van der Waals surface area contributed by atoms with E-state index < -0.39 is 48.2 Å². The first kappa shape index (κ1) is 42.8. The molecule has 306 valence electrons. The van der Waals surface area contributed by atoms with Crippen LogP contribution in [0.4, 0.5) is 11.4 Å². The normalized spacial score (nSPS) is 15.5. The molecule has 1 aliphatic heterocycles. The number of fused-ring (bicyclic) bond motifs is 2. The molecule has 0 radical (unpaired) electrons. The van der Waals surface area contributed by atoms with Crippen molar-refractivity contribution < 1.29 is 61.5 Å². The van der Waals surface area contributed by atoms with Gasteiger partial charge < -0.3 is 52.5 Å². The summed E-state index contributed by atoms with van der Waals surface area (Å²) in [6, 6.07) is 14.8. The lowest BCUT2D eigenvalue weighted by molar-refractivity contribution is -0.249. The SMILES string of the molecule is CCOC(COC(C)=O)(CN1C(=O)[C@@H](CC(=O)Nc2cc(OC(C)C)c3oc(C(=O)OC)cc3c2)O[C@H](c2cccc(OC)c2OC)c2cc(Cl)ccc21)OCC. The number of rotatable bonds is 17. The van der Waals surface area contributed by atoms with Crippen molar-refractivity contribution in [2.75, 3.05) is 57.9 Å². The van der Waals surface area contributed by atoms with Gasteiger partial charge in [-0.1, -0.05) is 23.7 Å². The maximum atomic E-state index is 14.9. The molecule has 15 nitrogen and oxygen atoms in total. The van der Waals surface area contributed by atoms with Gasteiger partial charge in [-0.2, -0.15) is 0 Å². The molecule has 0 spiro atoms. The van der Waals surface area contributed by atoms with E-state index >= 15 is 0 Å². The fourth-order valence-corrected chi connectivity index (χ4v) is 6.76. The number of carbonyl (C=O) groups is 4.